The van der Waals surface area contributed by atoms with Crippen LogP contribution < -0.4 is 0 Å². The summed E-state index contributed by atoms with van der Waals surface area (Å²) < 4.78 is 7.15. The first-order chi connectivity index (χ1) is 31.2. The van der Waals surface area contributed by atoms with Gasteiger partial charge < -0.3 is 4.57 Å². The Morgan fingerprint density at radius 1 is 0.317 bits per heavy atom. The zero-order chi connectivity index (χ0) is 41.4. The molecule has 0 saturated heterocycles. The van der Waals surface area contributed by atoms with Crippen LogP contribution >= 0.6 is 11.3 Å². The van der Waals surface area contributed by atoms with Gasteiger partial charge in [0.15, 0.2) is 11.6 Å². The summed E-state index contributed by atoms with van der Waals surface area (Å²) in [7, 11) is 0. The van der Waals surface area contributed by atoms with Crippen molar-refractivity contribution in [1.29, 1.82) is 0 Å². The van der Waals surface area contributed by atoms with Gasteiger partial charge >= 0.3 is 0 Å². The van der Waals surface area contributed by atoms with Crippen molar-refractivity contribution in [1.82, 2.24) is 24.1 Å². The Kier molecular flexibility index (Phi) is 8.01. The van der Waals surface area contributed by atoms with E-state index in [1.54, 1.807) is 0 Å². The number of fused-ring (bicyclic) bond motifs is 9. The van der Waals surface area contributed by atoms with Gasteiger partial charge in [0, 0.05) is 52.8 Å². The molecule has 0 spiro atoms. The molecule has 0 aliphatic rings. The van der Waals surface area contributed by atoms with Crippen LogP contribution in [0.1, 0.15) is 0 Å². The average molecular weight is 822 g/mol. The van der Waals surface area contributed by atoms with E-state index in [2.05, 4.69) is 221 Å². The topological polar surface area (TPSA) is 48.5 Å². The zero-order valence-corrected chi connectivity index (χ0v) is 34.7. The van der Waals surface area contributed by atoms with Gasteiger partial charge in [-0.1, -0.05) is 170 Å². The van der Waals surface area contributed by atoms with Crippen LogP contribution in [0, 0.1) is 0 Å². The van der Waals surface area contributed by atoms with Gasteiger partial charge in [-0.25, -0.2) is 4.98 Å². The molecule has 4 aromatic heterocycles. The molecule has 0 amide bonds. The molecule has 0 unspecified atom stereocenters. The Balaban J connectivity index is 1.06. The molecule has 13 rings (SSSR count). The van der Waals surface area contributed by atoms with Crippen molar-refractivity contribution in [3.05, 3.63) is 212 Å². The maximum absolute atomic E-state index is 5.45. The predicted octanol–water partition coefficient (Wildman–Crippen LogP) is 15.1. The Hall–Kier alpha value is -8.19. The van der Waals surface area contributed by atoms with E-state index in [0.29, 0.717) is 17.6 Å². The molecular formula is C57H35N5S. The molecule has 0 aliphatic heterocycles. The van der Waals surface area contributed by atoms with Gasteiger partial charge in [0.2, 0.25) is 5.95 Å². The van der Waals surface area contributed by atoms with Gasteiger partial charge in [0.1, 0.15) is 0 Å². The van der Waals surface area contributed by atoms with Crippen LogP contribution in [0.15, 0.2) is 212 Å². The highest BCUT2D eigenvalue weighted by molar-refractivity contribution is 7.26. The van der Waals surface area contributed by atoms with Crippen molar-refractivity contribution in [2.24, 2.45) is 0 Å². The fraction of sp³-hybridized carbons (Fsp3) is 0. The minimum absolute atomic E-state index is 0.562. The lowest BCUT2D eigenvalue weighted by molar-refractivity contribution is 0.952. The lowest BCUT2D eigenvalue weighted by Gasteiger charge is -2.17. The summed E-state index contributed by atoms with van der Waals surface area (Å²) in [5.74, 6) is 1.75. The average Bonchev–Trinajstić information content (AvgIpc) is 4.02. The number of aromatic nitrogens is 5. The molecule has 63 heavy (non-hydrogen) atoms. The number of hydrogen-bond acceptors (Lipinski definition) is 4. The van der Waals surface area contributed by atoms with E-state index in [1.807, 2.05) is 11.3 Å². The van der Waals surface area contributed by atoms with Crippen molar-refractivity contribution in [2.45, 2.75) is 0 Å². The third-order valence-corrected chi connectivity index (χ3v) is 13.6. The van der Waals surface area contributed by atoms with E-state index in [-0.39, 0.29) is 0 Å². The van der Waals surface area contributed by atoms with Crippen LogP contribution in [0.25, 0.3) is 120 Å². The third kappa shape index (κ3) is 5.66. The van der Waals surface area contributed by atoms with E-state index < -0.39 is 0 Å². The normalized spacial score (nSPS) is 11.8. The summed E-state index contributed by atoms with van der Waals surface area (Å²) in [6.45, 7) is 0. The van der Waals surface area contributed by atoms with E-state index in [0.717, 1.165) is 66.3 Å². The fourth-order valence-corrected chi connectivity index (χ4v) is 10.8. The van der Waals surface area contributed by atoms with E-state index >= 15 is 0 Å². The molecule has 0 atom stereocenters. The molecule has 6 heteroatoms. The number of rotatable bonds is 6. The molecule has 9 aromatic carbocycles. The number of benzene rings is 9. The maximum Gasteiger partial charge on any atom is 0.238 e. The van der Waals surface area contributed by atoms with Crippen molar-refractivity contribution >= 4 is 75.1 Å². The molecule has 13 aromatic rings. The van der Waals surface area contributed by atoms with Crippen LogP contribution in [0.5, 0.6) is 0 Å². The quantitative estimate of drug-likeness (QED) is 0.168. The highest BCUT2D eigenvalue weighted by Gasteiger charge is 2.22. The highest BCUT2D eigenvalue weighted by atomic mass is 32.1. The standard InChI is InChI=1S/C57H35N5S/c1-2-15-36(16-3-1)39-33-34-47(52(35-39)61-48-24-9-4-17-41(48)42-18-5-10-25-49(42)61)56-58-55(59-57(60-56)62-50-26-11-6-19-43(50)44-20-7-12-27-51(44)62)38-31-29-37(30-32-38)40-22-14-23-46-45-21-8-13-28-53(45)63-54(40)46/h1-35H. The second-order valence-corrected chi connectivity index (χ2v) is 17.0. The predicted molar refractivity (Wildman–Crippen MR) is 263 cm³/mol. The SMILES string of the molecule is c1ccc(-c2ccc(-c3nc(-c4ccc(-c5cccc6c5sc5ccccc56)cc4)nc(-n4c5ccccc5c5ccccc54)n3)c(-n3c4ccccc4c4ccccc43)c2)cc1. The minimum Gasteiger partial charge on any atom is -0.308 e. The van der Waals surface area contributed by atoms with Gasteiger partial charge in [-0.2, -0.15) is 9.97 Å². The monoisotopic (exact) mass is 821 g/mol. The Labute approximate surface area is 366 Å². The second-order valence-electron chi connectivity index (χ2n) is 16.0. The van der Waals surface area contributed by atoms with Gasteiger partial charge in [0.25, 0.3) is 0 Å². The summed E-state index contributed by atoms with van der Waals surface area (Å²) in [6.07, 6.45) is 0. The van der Waals surface area contributed by atoms with Crippen LogP contribution in [0.4, 0.5) is 0 Å². The lowest BCUT2D eigenvalue weighted by Crippen LogP contribution is -2.08. The number of thiophene rings is 1. The fourth-order valence-electron chi connectivity index (χ4n) is 9.52. The third-order valence-electron chi connectivity index (χ3n) is 12.4. The molecule has 0 fully saturated rings. The highest BCUT2D eigenvalue weighted by Crippen LogP contribution is 2.42. The Morgan fingerprint density at radius 2 is 0.825 bits per heavy atom. The Morgan fingerprint density at radius 3 is 1.48 bits per heavy atom. The molecule has 4 heterocycles. The number of hydrogen-bond donors (Lipinski definition) is 0. The van der Waals surface area contributed by atoms with E-state index in [1.165, 1.54) is 36.5 Å². The summed E-state index contributed by atoms with van der Waals surface area (Å²) in [5.41, 5.74) is 11.7. The smallest absolute Gasteiger partial charge is 0.238 e. The molecule has 294 valence electrons. The van der Waals surface area contributed by atoms with Crippen LogP contribution in [-0.4, -0.2) is 24.1 Å². The first-order valence-corrected chi connectivity index (χ1v) is 22.0. The van der Waals surface area contributed by atoms with Crippen molar-refractivity contribution in [3.63, 3.8) is 0 Å². The van der Waals surface area contributed by atoms with Gasteiger partial charge in [-0.15, -0.1) is 11.3 Å². The first-order valence-electron chi connectivity index (χ1n) is 21.2. The maximum atomic E-state index is 5.45. The van der Waals surface area contributed by atoms with Crippen molar-refractivity contribution < 1.29 is 0 Å². The van der Waals surface area contributed by atoms with Crippen LogP contribution in [0.2, 0.25) is 0 Å². The number of nitrogens with zero attached hydrogens (tertiary/aromatic N) is 5. The minimum atomic E-state index is 0.562. The zero-order valence-electron chi connectivity index (χ0n) is 33.9. The van der Waals surface area contributed by atoms with Crippen molar-refractivity contribution in [2.75, 3.05) is 0 Å². The van der Waals surface area contributed by atoms with E-state index in [9.17, 15) is 0 Å². The van der Waals surface area contributed by atoms with Gasteiger partial charge in [-0.3, -0.25) is 4.57 Å². The number of para-hydroxylation sites is 4. The van der Waals surface area contributed by atoms with Crippen LogP contribution in [0.3, 0.4) is 0 Å². The summed E-state index contributed by atoms with van der Waals surface area (Å²) in [6, 6.07) is 75.5. The molecule has 0 N–H and O–H groups in total. The first kappa shape index (κ1) is 35.6. The summed E-state index contributed by atoms with van der Waals surface area (Å²) in [4.78, 5) is 16.2. The molecule has 0 radical (unpaired) electrons. The van der Waals surface area contributed by atoms with Crippen LogP contribution in [-0.2, 0) is 0 Å². The molecule has 0 bridgehead atoms. The summed E-state index contributed by atoms with van der Waals surface area (Å²) in [5, 5.41) is 7.26. The summed E-state index contributed by atoms with van der Waals surface area (Å²) >= 11 is 1.85. The van der Waals surface area contributed by atoms with Crippen molar-refractivity contribution in [3.8, 4) is 56.7 Å². The molecule has 5 nitrogen and oxygen atoms in total. The molecule has 0 saturated carbocycles. The molecular weight excluding hydrogens is 787 g/mol. The second kappa shape index (κ2) is 14.2. The Bertz CT molecular complexity index is 3810. The largest absolute Gasteiger partial charge is 0.308 e. The lowest BCUT2D eigenvalue weighted by atomic mass is 10.0. The van der Waals surface area contributed by atoms with E-state index in [4.69, 9.17) is 15.0 Å². The molecule has 0 aliphatic carbocycles. The van der Waals surface area contributed by atoms with Gasteiger partial charge in [-0.05, 0) is 64.7 Å². The van der Waals surface area contributed by atoms with Gasteiger partial charge in [0.05, 0.1) is 27.8 Å².